The molecule has 0 fully saturated rings. The molecule has 4 N–H and O–H groups in total. The predicted molar refractivity (Wildman–Crippen MR) is 47.9 cm³/mol. The quantitative estimate of drug-likeness (QED) is 0.300. The van der Waals surface area contributed by atoms with Crippen LogP contribution in [-0.2, 0) is 19.4 Å². The third-order valence-corrected chi connectivity index (χ3v) is 1.92. The molecular weight excluding hydrogens is 308 g/mol. The lowest BCUT2D eigenvalue weighted by Gasteiger charge is -2.19. The molecule has 0 aliphatic heterocycles. The highest BCUT2D eigenvalue weighted by molar-refractivity contribution is 4.77. The van der Waals surface area contributed by atoms with Gasteiger partial charge in [0.2, 0.25) is 0 Å². The largest absolute Gasteiger partial charge is 0.475 e. The Hall–Kier alpha value is -3.20. The van der Waals surface area contributed by atoms with Crippen molar-refractivity contribution in [1.82, 2.24) is 0 Å². The highest BCUT2D eigenvalue weighted by Crippen LogP contribution is 2.20. The summed E-state index contributed by atoms with van der Waals surface area (Å²) in [5, 5.41) is 29.2. The van der Waals surface area contributed by atoms with Crippen molar-refractivity contribution in [3.63, 3.8) is 0 Å². The Labute approximate surface area is 113 Å². The monoisotopic (exact) mass is 320 g/mol. The van der Waals surface area contributed by atoms with Gasteiger partial charge >= 0.3 is 20.3 Å². The first-order valence-corrected chi connectivity index (χ1v) is 4.83. The van der Waals surface area contributed by atoms with Gasteiger partial charge < -0.3 is 0 Å². The number of rotatable bonds is 12. The summed E-state index contributed by atoms with van der Waals surface area (Å²) < 4.78 is 0. The molecule has 16 heteroatoms. The van der Waals surface area contributed by atoms with Crippen molar-refractivity contribution in [1.29, 1.82) is 0 Å². The second kappa shape index (κ2) is 8.07. The van der Waals surface area contributed by atoms with Gasteiger partial charge in [0.25, 0.3) is 0 Å². The Morgan fingerprint density at radius 3 is 0.905 bits per heavy atom. The first-order valence-electron chi connectivity index (χ1n) is 4.83. The molecule has 0 heterocycles. The van der Waals surface area contributed by atoms with Gasteiger partial charge in [-0.05, 0) is 0 Å². The lowest BCUT2D eigenvalue weighted by atomic mass is 9.92. The lowest BCUT2D eigenvalue weighted by molar-refractivity contribution is -0.994. The van der Waals surface area contributed by atoms with E-state index in [4.69, 9.17) is 20.8 Å². The van der Waals surface area contributed by atoms with Crippen LogP contribution in [0.3, 0.4) is 0 Å². The fourth-order valence-electron chi connectivity index (χ4n) is 1.02. The van der Waals surface area contributed by atoms with E-state index in [2.05, 4.69) is 19.4 Å². The molecule has 16 nitrogen and oxygen atoms in total. The fraction of sp³-hybridized carbons (Fsp3) is 1.00. The predicted octanol–water partition coefficient (Wildman–Crippen LogP) is -1.63. The van der Waals surface area contributed by atoms with Crippen LogP contribution in [0.15, 0.2) is 0 Å². The lowest BCUT2D eigenvalue weighted by Crippen LogP contribution is -2.44. The maximum Gasteiger partial charge on any atom is 0.475 e. The van der Waals surface area contributed by atoms with E-state index < -0.39 is 52.2 Å². The van der Waals surface area contributed by atoms with Gasteiger partial charge in [-0.15, -0.1) is 0 Å². The van der Waals surface area contributed by atoms with Crippen molar-refractivity contribution < 1.29 is 60.5 Å². The van der Waals surface area contributed by atoms with E-state index in [1.807, 2.05) is 0 Å². The molecule has 0 aromatic heterocycles. The van der Waals surface area contributed by atoms with Crippen LogP contribution < -0.4 is 0 Å². The molecule has 0 rings (SSSR count). The highest BCUT2D eigenvalue weighted by Gasteiger charge is 2.45. The minimum Gasteiger partial charge on any atom is -0.200 e. The van der Waals surface area contributed by atoms with Crippen molar-refractivity contribution in [3.05, 3.63) is 19.6 Å². The molecule has 0 saturated heterocycles. The highest BCUT2D eigenvalue weighted by atomic mass is 17.0. The molecular formula is C5H12N4O12+4. The molecule has 120 valence electrons. The zero-order valence-electron chi connectivity index (χ0n) is 10.2. The molecule has 0 aromatic rings. The van der Waals surface area contributed by atoms with Crippen molar-refractivity contribution >= 4 is 0 Å². The van der Waals surface area contributed by atoms with Crippen molar-refractivity contribution in [2.45, 2.75) is 0 Å². The van der Waals surface area contributed by atoms with Crippen LogP contribution in [0.5, 0.6) is 0 Å². The molecule has 0 unspecified atom stereocenters. The Morgan fingerprint density at radius 1 is 0.571 bits per heavy atom. The summed E-state index contributed by atoms with van der Waals surface area (Å²) in [6.07, 6.45) is 0. The minimum absolute atomic E-state index is 0.886. The van der Waals surface area contributed by atoms with E-state index in [0.717, 1.165) is 0 Å². The third kappa shape index (κ3) is 8.51. The van der Waals surface area contributed by atoms with Crippen LogP contribution in [0.1, 0.15) is 0 Å². The number of hydrogen-bond acceptors (Lipinski definition) is 8. The summed E-state index contributed by atoms with van der Waals surface area (Å²) in [6, 6.07) is 0. The fourth-order valence-corrected chi connectivity index (χ4v) is 1.02. The Morgan fingerprint density at radius 2 is 0.762 bits per heavy atom. The summed E-state index contributed by atoms with van der Waals surface area (Å²) in [5.74, 6) is 0. The topological polar surface area (TPSA) is 198 Å². The normalized spacial score (nSPS) is 10.3. The maximum absolute atomic E-state index is 10.3. The molecule has 0 aromatic carbocycles. The summed E-state index contributed by atoms with van der Waals surface area (Å²) in [7, 11) is 0. The van der Waals surface area contributed by atoms with E-state index in [0.29, 0.717) is 0 Å². The molecule has 0 radical (unpaired) electrons. The van der Waals surface area contributed by atoms with Crippen LogP contribution in [-0.4, -0.2) is 67.6 Å². The molecule has 0 saturated carbocycles. The Balaban J connectivity index is 5.02. The van der Waals surface area contributed by atoms with Gasteiger partial charge in [-0.3, -0.25) is 0 Å². The standard InChI is InChI=1S/C5H12N4O12/c10-6(11)18-1-5(2-19-7(12)13,3-20-8(14)15)4-21-9(16)17/h1-4H2,(H,10,11)(H,12,13)(H,14,15)(H,16,17)/q+4. The van der Waals surface area contributed by atoms with Crippen molar-refractivity contribution in [3.8, 4) is 0 Å². The van der Waals surface area contributed by atoms with Crippen LogP contribution in [0.25, 0.3) is 0 Å². The van der Waals surface area contributed by atoms with Crippen LogP contribution in [0.2, 0.25) is 0 Å². The van der Waals surface area contributed by atoms with Crippen LogP contribution in [0, 0.1) is 25.0 Å². The van der Waals surface area contributed by atoms with E-state index in [9.17, 15) is 19.6 Å². The van der Waals surface area contributed by atoms with Gasteiger partial charge in [-0.1, -0.05) is 0 Å². The minimum atomic E-state index is -1.87. The van der Waals surface area contributed by atoms with E-state index >= 15 is 0 Å². The van der Waals surface area contributed by atoms with Gasteiger partial charge in [0.05, 0.1) is 0 Å². The molecule has 0 atom stereocenters. The molecule has 0 amide bonds. The maximum atomic E-state index is 10.3. The van der Waals surface area contributed by atoms with Crippen LogP contribution in [0.4, 0.5) is 0 Å². The zero-order valence-corrected chi connectivity index (χ0v) is 10.2. The van der Waals surface area contributed by atoms with Crippen LogP contribution >= 0.6 is 0 Å². The SMILES string of the molecule is O=[N+](O)OCC(CO[N+](=O)O)(CO[N+](=O)O)CO[N+](=O)O. The first kappa shape index (κ1) is 17.8. The molecule has 0 aliphatic carbocycles. The summed E-state index contributed by atoms with van der Waals surface area (Å²) in [4.78, 5) is 57.4. The second-order valence-corrected chi connectivity index (χ2v) is 3.55. The van der Waals surface area contributed by atoms with Gasteiger partial charge in [0.15, 0.2) is 26.4 Å². The van der Waals surface area contributed by atoms with Gasteiger partial charge in [-0.2, -0.15) is 19.4 Å². The van der Waals surface area contributed by atoms with Gasteiger partial charge in [0.1, 0.15) is 25.0 Å². The molecule has 21 heavy (non-hydrogen) atoms. The average molecular weight is 320 g/mol. The summed E-state index contributed by atoms with van der Waals surface area (Å²) >= 11 is 0. The molecule has 0 spiro atoms. The first-order chi connectivity index (χ1) is 9.67. The van der Waals surface area contributed by atoms with Gasteiger partial charge in [-0.25, -0.2) is 20.8 Å². The van der Waals surface area contributed by atoms with E-state index in [1.165, 1.54) is 0 Å². The third-order valence-electron chi connectivity index (χ3n) is 1.92. The smallest absolute Gasteiger partial charge is 0.200 e. The number of hydrogen-bond donors (Lipinski definition) is 4. The van der Waals surface area contributed by atoms with Crippen molar-refractivity contribution in [2.75, 3.05) is 26.4 Å². The second-order valence-electron chi connectivity index (χ2n) is 3.55. The Bertz CT molecular complexity index is 333. The van der Waals surface area contributed by atoms with Crippen molar-refractivity contribution in [2.24, 2.45) is 5.41 Å². The number of nitrogens with zero attached hydrogens (tertiary/aromatic N) is 4. The Kier molecular flexibility index (Phi) is 6.84. The summed E-state index contributed by atoms with van der Waals surface area (Å²) in [6.45, 7) is -3.55. The summed E-state index contributed by atoms with van der Waals surface area (Å²) in [5.41, 5.74) is -1.87. The van der Waals surface area contributed by atoms with Gasteiger partial charge in [0, 0.05) is 0 Å². The molecule has 0 bridgehead atoms. The average Bonchev–Trinajstić information content (AvgIpc) is 2.36. The van der Waals surface area contributed by atoms with E-state index in [1.54, 1.807) is 0 Å². The molecule has 0 aliphatic rings. The van der Waals surface area contributed by atoms with E-state index in [-0.39, 0.29) is 0 Å². The zero-order chi connectivity index (χ0) is 16.5.